The topological polar surface area (TPSA) is 84.3 Å². The van der Waals surface area contributed by atoms with Crippen molar-refractivity contribution in [1.29, 1.82) is 0 Å². The third-order valence-corrected chi connectivity index (χ3v) is 4.21. The van der Waals surface area contributed by atoms with Gasteiger partial charge in [-0.05, 0) is 43.7 Å². The molecular weight excluding hydrogens is 370 g/mol. The molecule has 0 aliphatic heterocycles. The summed E-state index contributed by atoms with van der Waals surface area (Å²) in [6.07, 6.45) is -0.779. The minimum absolute atomic E-state index is 0.199. The first kappa shape index (κ1) is 22.4. The van der Waals surface area contributed by atoms with Gasteiger partial charge >= 0.3 is 0 Å². The Bertz CT molecular complexity index is 756. The average Bonchev–Trinajstić information content (AvgIpc) is 2.75. The molecule has 2 aromatic carbocycles. The number of hydrogen-bond acceptors (Lipinski definition) is 5. The summed E-state index contributed by atoms with van der Waals surface area (Å²) in [6, 6.07) is 13.3. The van der Waals surface area contributed by atoms with Gasteiger partial charge in [-0.3, -0.25) is 4.99 Å². The monoisotopic (exact) mass is 401 g/mol. The molecule has 0 fully saturated rings. The normalized spacial score (nSPS) is 12.2. The summed E-state index contributed by atoms with van der Waals surface area (Å²) < 4.78 is 16.2. The number of aryl methyl sites for hydroxylation is 1. The summed E-state index contributed by atoms with van der Waals surface area (Å²) in [5, 5.41) is 16.9. The van der Waals surface area contributed by atoms with E-state index in [2.05, 4.69) is 15.6 Å². The maximum Gasteiger partial charge on any atom is 0.191 e. The van der Waals surface area contributed by atoms with Crippen LogP contribution in [-0.4, -0.2) is 51.5 Å². The van der Waals surface area contributed by atoms with Crippen LogP contribution in [0.1, 0.15) is 24.2 Å². The molecule has 0 bridgehead atoms. The van der Waals surface area contributed by atoms with Crippen molar-refractivity contribution in [3.63, 3.8) is 0 Å². The van der Waals surface area contributed by atoms with Crippen molar-refractivity contribution in [2.75, 3.05) is 40.5 Å². The van der Waals surface area contributed by atoms with Crippen LogP contribution in [0.15, 0.2) is 47.5 Å². The van der Waals surface area contributed by atoms with E-state index in [-0.39, 0.29) is 6.54 Å². The Labute approximate surface area is 172 Å². The van der Waals surface area contributed by atoms with Crippen LogP contribution in [-0.2, 0) is 0 Å². The van der Waals surface area contributed by atoms with Crippen LogP contribution in [0.3, 0.4) is 0 Å². The number of benzene rings is 2. The van der Waals surface area contributed by atoms with E-state index < -0.39 is 6.10 Å². The van der Waals surface area contributed by atoms with Crippen LogP contribution < -0.4 is 24.8 Å². The zero-order chi connectivity index (χ0) is 21.1. The summed E-state index contributed by atoms with van der Waals surface area (Å²) in [7, 11) is 3.16. The Hall–Kier alpha value is -2.93. The maximum atomic E-state index is 10.5. The molecule has 3 N–H and O–H groups in total. The van der Waals surface area contributed by atoms with Crippen molar-refractivity contribution >= 4 is 5.96 Å². The van der Waals surface area contributed by atoms with Crippen molar-refractivity contribution in [3.05, 3.63) is 53.6 Å². The minimum Gasteiger partial charge on any atom is -0.497 e. The number of aliphatic imine (C=N–C) groups is 1. The Morgan fingerprint density at radius 2 is 1.66 bits per heavy atom. The number of aliphatic hydroxyl groups excluding tert-OH is 1. The molecule has 7 nitrogen and oxygen atoms in total. The third kappa shape index (κ3) is 7.54. The van der Waals surface area contributed by atoms with Crippen LogP contribution in [0.4, 0.5) is 0 Å². The largest absolute Gasteiger partial charge is 0.497 e. The number of hydrogen-bond donors (Lipinski definition) is 3. The highest BCUT2D eigenvalue weighted by molar-refractivity contribution is 5.79. The quantitative estimate of drug-likeness (QED) is 0.323. The SMILES string of the molecule is CCNC(=NCC(O)c1cc(OC)cc(OC)c1)NCCOc1ccc(C)cc1. The molecule has 0 saturated carbocycles. The van der Waals surface area contributed by atoms with Gasteiger partial charge in [0.2, 0.25) is 0 Å². The van der Waals surface area contributed by atoms with Gasteiger partial charge in [0.15, 0.2) is 5.96 Å². The number of guanidine groups is 1. The number of aliphatic hydroxyl groups is 1. The number of ether oxygens (including phenoxy) is 3. The highest BCUT2D eigenvalue weighted by atomic mass is 16.5. The average molecular weight is 402 g/mol. The van der Waals surface area contributed by atoms with E-state index in [1.54, 1.807) is 32.4 Å². The van der Waals surface area contributed by atoms with Crippen molar-refractivity contribution < 1.29 is 19.3 Å². The van der Waals surface area contributed by atoms with E-state index in [1.165, 1.54) is 5.56 Å². The lowest BCUT2D eigenvalue weighted by Gasteiger charge is -2.15. The number of nitrogens with one attached hydrogen (secondary N) is 2. The first-order valence-corrected chi connectivity index (χ1v) is 9.68. The summed E-state index contributed by atoms with van der Waals surface area (Å²) in [5.74, 6) is 2.71. The molecule has 7 heteroatoms. The highest BCUT2D eigenvalue weighted by Gasteiger charge is 2.11. The smallest absolute Gasteiger partial charge is 0.191 e. The van der Waals surface area contributed by atoms with E-state index in [1.807, 2.05) is 38.1 Å². The zero-order valence-electron chi connectivity index (χ0n) is 17.6. The first-order valence-electron chi connectivity index (χ1n) is 9.68. The first-order chi connectivity index (χ1) is 14.0. The second kappa shape index (κ2) is 11.8. The van der Waals surface area contributed by atoms with Crippen molar-refractivity contribution in [2.45, 2.75) is 20.0 Å². The van der Waals surface area contributed by atoms with E-state index in [9.17, 15) is 5.11 Å². The van der Waals surface area contributed by atoms with Gasteiger partial charge in [0.25, 0.3) is 0 Å². The van der Waals surface area contributed by atoms with Crippen molar-refractivity contribution in [2.24, 2.45) is 4.99 Å². The molecule has 0 aromatic heterocycles. The maximum absolute atomic E-state index is 10.5. The fourth-order valence-electron chi connectivity index (χ4n) is 2.62. The molecule has 0 aliphatic rings. The zero-order valence-corrected chi connectivity index (χ0v) is 17.6. The van der Waals surface area contributed by atoms with Gasteiger partial charge in [0, 0.05) is 12.6 Å². The Balaban J connectivity index is 1.89. The number of nitrogens with zero attached hydrogens (tertiary/aromatic N) is 1. The van der Waals surface area contributed by atoms with E-state index >= 15 is 0 Å². The summed E-state index contributed by atoms with van der Waals surface area (Å²) in [4.78, 5) is 4.46. The molecule has 1 unspecified atom stereocenters. The van der Waals surface area contributed by atoms with Gasteiger partial charge in [0.1, 0.15) is 23.9 Å². The molecule has 0 radical (unpaired) electrons. The van der Waals surface area contributed by atoms with Crippen LogP contribution in [0, 0.1) is 6.92 Å². The van der Waals surface area contributed by atoms with Gasteiger partial charge in [0.05, 0.1) is 33.4 Å². The minimum atomic E-state index is -0.779. The van der Waals surface area contributed by atoms with Gasteiger partial charge in [-0.1, -0.05) is 17.7 Å². The van der Waals surface area contributed by atoms with Gasteiger partial charge < -0.3 is 30.0 Å². The molecule has 158 valence electrons. The number of methoxy groups -OCH3 is 2. The van der Waals surface area contributed by atoms with Crippen LogP contribution in [0.25, 0.3) is 0 Å². The van der Waals surface area contributed by atoms with Crippen molar-refractivity contribution in [1.82, 2.24) is 10.6 Å². The van der Waals surface area contributed by atoms with Gasteiger partial charge in [-0.2, -0.15) is 0 Å². The summed E-state index contributed by atoms with van der Waals surface area (Å²) >= 11 is 0. The molecule has 1 atom stereocenters. The molecule has 29 heavy (non-hydrogen) atoms. The second-order valence-corrected chi connectivity index (χ2v) is 6.47. The fourth-order valence-corrected chi connectivity index (χ4v) is 2.62. The van der Waals surface area contributed by atoms with Crippen LogP contribution in [0.5, 0.6) is 17.2 Å². The second-order valence-electron chi connectivity index (χ2n) is 6.47. The molecule has 0 spiro atoms. The molecule has 0 saturated heterocycles. The predicted molar refractivity (Wildman–Crippen MR) is 115 cm³/mol. The van der Waals surface area contributed by atoms with Crippen LogP contribution >= 0.6 is 0 Å². The highest BCUT2D eigenvalue weighted by Crippen LogP contribution is 2.26. The van der Waals surface area contributed by atoms with Crippen LogP contribution in [0.2, 0.25) is 0 Å². The van der Waals surface area contributed by atoms with Gasteiger partial charge in [-0.15, -0.1) is 0 Å². The predicted octanol–water partition coefficient (Wildman–Crippen LogP) is 2.68. The summed E-state index contributed by atoms with van der Waals surface area (Å²) in [6.45, 7) is 6.04. The molecule has 2 aromatic rings. The lowest BCUT2D eigenvalue weighted by Crippen LogP contribution is -2.39. The Kier molecular flexibility index (Phi) is 9.11. The molecule has 0 aliphatic carbocycles. The van der Waals surface area contributed by atoms with Gasteiger partial charge in [-0.25, -0.2) is 0 Å². The standard InChI is InChI=1S/C22H31N3O4/c1-5-23-22(24-10-11-29-18-8-6-16(2)7-9-18)25-15-21(26)17-12-19(27-3)14-20(13-17)28-4/h6-9,12-14,21,26H,5,10-11,15H2,1-4H3,(H2,23,24,25). The van der Waals surface area contributed by atoms with E-state index in [0.717, 1.165) is 5.75 Å². The molecule has 0 amide bonds. The number of rotatable bonds is 10. The third-order valence-electron chi connectivity index (χ3n) is 4.21. The Morgan fingerprint density at radius 3 is 2.24 bits per heavy atom. The Morgan fingerprint density at radius 1 is 1.00 bits per heavy atom. The molecule has 2 rings (SSSR count). The molecular formula is C22H31N3O4. The fraction of sp³-hybridized carbons (Fsp3) is 0.409. The molecule has 0 heterocycles. The summed E-state index contributed by atoms with van der Waals surface area (Å²) in [5.41, 5.74) is 1.88. The lowest BCUT2D eigenvalue weighted by molar-refractivity contribution is 0.186. The lowest BCUT2D eigenvalue weighted by atomic mass is 10.1. The van der Waals surface area contributed by atoms with E-state index in [0.29, 0.717) is 42.7 Å². The van der Waals surface area contributed by atoms with E-state index in [4.69, 9.17) is 14.2 Å². The van der Waals surface area contributed by atoms with Crippen molar-refractivity contribution in [3.8, 4) is 17.2 Å².